The van der Waals surface area contributed by atoms with Crippen LogP contribution in [0, 0.1) is 6.92 Å². The Kier molecular flexibility index (Phi) is 5.61. The molecular weight excluding hydrogens is 276 g/mol. The number of fused-ring (bicyclic) bond motifs is 1. The topological polar surface area (TPSA) is 43.3 Å². The number of benzene rings is 1. The summed E-state index contributed by atoms with van der Waals surface area (Å²) in [6.45, 7) is 10.2. The Morgan fingerprint density at radius 1 is 1.32 bits per heavy atom. The SMILES string of the molecule is CCn1c(C(=O)NCCCOC(C)C)c(C)c2ccccc21. The van der Waals surface area contributed by atoms with Gasteiger partial charge in [0.25, 0.3) is 5.91 Å². The molecule has 1 amide bonds. The molecule has 1 aromatic carbocycles. The lowest BCUT2D eigenvalue weighted by molar-refractivity contribution is 0.0756. The van der Waals surface area contributed by atoms with Crippen LogP contribution in [0.4, 0.5) is 0 Å². The van der Waals surface area contributed by atoms with Crippen molar-refractivity contribution in [1.29, 1.82) is 0 Å². The van der Waals surface area contributed by atoms with Crippen LogP contribution in [0.15, 0.2) is 24.3 Å². The van der Waals surface area contributed by atoms with E-state index in [-0.39, 0.29) is 12.0 Å². The molecule has 0 unspecified atom stereocenters. The second-order valence-electron chi connectivity index (χ2n) is 5.76. The van der Waals surface area contributed by atoms with Crippen LogP contribution in [0.5, 0.6) is 0 Å². The number of amides is 1. The predicted molar refractivity (Wildman–Crippen MR) is 90.4 cm³/mol. The van der Waals surface area contributed by atoms with E-state index in [0.717, 1.165) is 35.1 Å². The van der Waals surface area contributed by atoms with Gasteiger partial charge < -0.3 is 14.6 Å². The van der Waals surface area contributed by atoms with E-state index in [0.29, 0.717) is 13.2 Å². The Balaban J connectivity index is 2.09. The van der Waals surface area contributed by atoms with Crippen LogP contribution in [0.1, 0.15) is 43.2 Å². The smallest absolute Gasteiger partial charge is 0.268 e. The lowest BCUT2D eigenvalue weighted by Gasteiger charge is -2.11. The van der Waals surface area contributed by atoms with E-state index in [9.17, 15) is 4.79 Å². The number of nitrogens with one attached hydrogen (secondary N) is 1. The highest BCUT2D eigenvalue weighted by molar-refractivity contribution is 6.01. The summed E-state index contributed by atoms with van der Waals surface area (Å²) in [6, 6.07) is 8.17. The molecule has 1 aromatic heterocycles. The van der Waals surface area contributed by atoms with E-state index < -0.39 is 0 Å². The first-order valence-electron chi connectivity index (χ1n) is 8.03. The minimum absolute atomic E-state index is 0.0000898. The van der Waals surface area contributed by atoms with E-state index in [1.54, 1.807) is 0 Å². The average Bonchev–Trinajstić information content (AvgIpc) is 2.79. The normalized spacial score (nSPS) is 11.3. The van der Waals surface area contributed by atoms with Crippen molar-refractivity contribution in [3.05, 3.63) is 35.5 Å². The fourth-order valence-electron chi connectivity index (χ4n) is 2.77. The average molecular weight is 302 g/mol. The number of hydrogen-bond donors (Lipinski definition) is 1. The highest BCUT2D eigenvalue weighted by Gasteiger charge is 2.18. The minimum atomic E-state index is 0.0000898. The standard InChI is InChI=1S/C18H26N2O2/c1-5-20-16-10-7-6-9-15(16)14(4)17(20)18(21)19-11-8-12-22-13(2)3/h6-7,9-10,13H,5,8,11-12H2,1-4H3,(H,19,21). The van der Waals surface area contributed by atoms with Gasteiger partial charge in [-0.25, -0.2) is 0 Å². The molecule has 0 aliphatic heterocycles. The molecule has 1 N–H and O–H groups in total. The molecule has 0 atom stereocenters. The predicted octanol–water partition coefficient (Wildman–Crippen LogP) is 3.51. The zero-order valence-electron chi connectivity index (χ0n) is 14.0. The van der Waals surface area contributed by atoms with Gasteiger partial charge in [-0.3, -0.25) is 4.79 Å². The molecule has 2 rings (SSSR count). The molecule has 0 saturated carbocycles. The van der Waals surface area contributed by atoms with Crippen LogP contribution in [-0.2, 0) is 11.3 Å². The fourth-order valence-corrected chi connectivity index (χ4v) is 2.77. The highest BCUT2D eigenvalue weighted by Crippen LogP contribution is 2.25. The maximum absolute atomic E-state index is 12.5. The largest absolute Gasteiger partial charge is 0.379 e. The molecule has 4 heteroatoms. The number of hydrogen-bond acceptors (Lipinski definition) is 2. The van der Waals surface area contributed by atoms with Gasteiger partial charge in [0.2, 0.25) is 0 Å². The van der Waals surface area contributed by atoms with Crippen LogP contribution in [-0.4, -0.2) is 29.7 Å². The molecule has 0 spiro atoms. The maximum Gasteiger partial charge on any atom is 0.268 e. The molecule has 0 bridgehead atoms. The summed E-state index contributed by atoms with van der Waals surface area (Å²) in [5.74, 6) is 0.0000898. The lowest BCUT2D eigenvalue weighted by atomic mass is 10.1. The van der Waals surface area contributed by atoms with Crippen molar-refractivity contribution in [3.63, 3.8) is 0 Å². The second kappa shape index (κ2) is 7.45. The summed E-state index contributed by atoms with van der Waals surface area (Å²) in [4.78, 5) is 12.5. The number of nitrogens with zero attached hydrogens (tertiary/aromatic N) is 1. The molecule has 0 aliphatic rings. The Morgan fingerprint density at radius 3 is 2.73 bits per heavy atom. The van der Waals surface area contributed by atoms with Crippen LogP contribution < -0.4 is 5.32 Å². The van der Waals surface area contributed by atoms with E-state index in [1.807, 2.05) is 32.9 Å². The Labute approximate surface area is 132 Å². The Morgan fingerprint density at radius 2 is 2.05 bits per heavy atom. The third-order valence-electron chi connectivity index (χ3n) is 3.81. The molecule has 0 aliphatic carbocycles. The van der Waals surface area contributed by atoms with Crippen molar-refractivity contribution in [2.24, 2.45) is 0 Å². The van der Waals surface area contributed by atoms with Gasteiger partial charge in [-0.2, -0.15) is 0 Å². The summed E-state index contributed by atoms with van der Waals surface area (Å²) in [5, 5.41) is 4.16. The van der Waals surface area contributed by atoms with Gasteiger partial charge in [0, 0.05) is 30.6 Å². The minimum Gasteiger partial charge on any atom is -0.379 e. The molecule has 0 fully saturated rings. The third-order valence-corrected chi connectivity index (χ3v) is 3.81. The molecular formula is C18H26N2O2. The van der Waals surface area contributed by atoms with Gasteiger partial charge in [-0.15, -0.1) is 0 Å². The molecule has 2 aromatic rings. The Hall–Kier alpha value is -1.81. The molecule has 1 heterocycles. The summed E-state index contributed by atoms with van der Waals surface area (Å²) < 4.78 is 7.58. The van der Waals surface area contributed by atoms with Gasteiger partial charge in [0.05, 0.1) is 6.10 Å². The zero-order chi connectivity index (χ0) is 16.1. The van der Waals surface area contributed by atoms with Crippen LogP contribution in [0.25, 0.3) is 10.9 Å². The first kappa shape index (κ1) is 16.6. The van der Waals surface area contributed by atoms with Crippen LogP contribution in [0.2, 0.25) is 0 Å². The number of carbonyl (C=O) groups excluding carboxylic acids is 1. The maximum atomic E-state index is 12.5. The number of ether oxygens (including phenoxy) is 1. The van der Waals surface area contributed by atoms with Gasteiger partial charge in [-0.1, -0.05) is 18.2 Å². The second-order valence-corrected chi connectivity index (χ2v) is 5.76. The Bertz CT molecular complexity index is 644. The van der Waals surface area contributed by atoms with Crippen molar-refractivity contribution in [2.75, 3.05) is 13.2 Å². The fraction of sp³-hybridized carbons (Fsp3) is 0.500. The first-order valence-corrected chi connectivity index (χ1v) is 8.03. The monoisotopic (exact) mass is 302 g/mol. The van der Waals surface area contributed by atoms with Crippen LogP contribution in [0.3, 0.4) is 0 Å². The van der Waals surface area contributed by atoms with Gasteiger partial charge in [0.1, 0.15) is 5.69 Å². The van der Waals surface area contributed by atoms with Gasteiger partial charge in [0.15, 0.2) is 0 Å². The molecule has 0 radical (unpaired) electrons. The van der Waals surface area contributed by atoms with E-state index in [2.05, 4.69) is 28.9 Å². The highest BCUT2D eigenvalue weighted by atomic mass is 16.5. The summed E-state index contributed by atoms with van der Waals surface area (Å²) >= 11 is 0. The zero-order valence-corrected chi connectivity index (χ0v) is 14.0. The molecule has 120 valence electrons. The molecule has 0 saturated heterocycles. The molecule has 4 nitrogen and oxygen atoms in total. The first-order chi connectivity index (χ1) is 10.6. The van der Waals surface area contributed by atoms with Gasteiger partial charge in [-0.05, 0) is 45.7 Å². The van der Waals surface area contributed by atoms with E-state index >= 15 is 0 Å². The quantitative estimate of drug-likeness (QED) is 0.795. The third kappa shape index (κ3) is 3.50. The number of para-hydroxylation sites is 1. The number of rotatable bonds is 7. The summed E-state index contributed by atoms with van der Waals surface area (Å²) in [5.41, 5.74) is 2.94. The van der Waals surface area contributed by atoms with Crippen molar-refractivity contribution < 1.29 is 9.53 Å². The number of aryl methyl sites for hydroxylation is 2. The molecule has 22 heavy (non-hydrogen) atoms. The number of aromatic nitrogens is 1. The summed E-state index contributed by atoms with van der Waals surface area (Å²) in [7, 11) is 0. The van der Waals surface area contributed by atoms with Crippen molar-refractivity contribution in [1.82, 2.24) is 9.88 Å². The van der Waals surface area contributed by atoms with Crippen molar-refractivity contribution in [2.45, 2.75) is 46.8 Å². The van der Waals surface area contributed by atoms with E-state index in [4.69, 9.17) is 4.74 Å². The van der Waals surface area contributed by atoms with Gasteiger partial charge >= 0.3 is 0 Å². The van der Waals surface area contributed by atoms with Crippen molar-refractivity contribution >= 4 is 16.8 Å². The van der Waals surface area contributed by atoms with Crippen LogP contribution >= 0.6 is 0 Å². The van der Waals surface area contributed by atoms with Crippen molar-refractivity contribution in [3.8, 4) is 0 Å². The number of carbonyl (C=O) groups is 1. The lowest BCUT2D eigenvalue weighted by Crippen LogP contribution is -2.28. The summed E-state index contributed by atoms with van der Waals surface area (Å²) in [6.07, 6.45) is 1.07. The van der Waals surface area contributed by atoms with E-state index in [1.165, 1.54) is 0 Å².